The lowest BCUT2D eigenvalue weighted by Gasteiger charge is -2.29. The highest BCUT2D eigenvalue weighted by molar-refractivity contribution is 5.84. The number of carbonyl (C=O) groups is 1. The quantitative estimate of drug-likeness (QED) is 0.363. The number of imidazole rings is 1. The smallest absolute Gasteiger partial charge is 0.230 e. The van der Waals surface area contributed by atoms with Crippen LogP contribution in [-0.4, -0.2) is 60.5 Å². The Labute approximate surface area is 173 Å². The molecule has 0 saturated heterocycles. The fourth-order valence-corrected chi connectivity index (χ4v) is 4.12. The van der Waals surface area contributed by atoms with Crippen LogP contribution in [0.5, 0.6) is 0 Å². The number of carbonyl (C=O) groups excluding carboxylic acids is 1. The average molecular weight is 399 g/mol. The maximum atomic E-state index is 12.7. The molecule has 2 aromatic rings. The van der Waals surface area contributed by atoms with Gasteiger partial charge in [0.15, 0.2) is 5.96 Å². The number of hydrogen-bond acceptors (Lipinski definition) is 3. The van der Waals surface area contributed by atoms with Gasteiger partial charge in [-0.15, -0.1) is 0 Å². The molecule has 0 bridgehead atoms. The summed E-state index contributed by atoms with van der Waals surface area (Å²) in [6.45, 7) is 4.20. The number of rotatable bonds is 8. The van der Waals surface area contributed by atoms with Gasteiger partial charge in [-0.2, -0.15) is 0 Å². The van der Waals surface area contributed by atoms with Gasteiger partial charge in [-0.25, -0.2) is 4.98 Å². The maximum Gasteiger partial charge on any atom is 0.230 e. The molecule has 1 heterocycles. The Morgan fingerprint density at radius 2 is 2.00 bits per heavy atom. The van der Waals surface area contributed by atoms with Crippen molar-refractivity contribution in [2.24, 2.45) is 10.4 Å². The average Bonchev–Trinajstić information content (AvgIpc) is 3.35. The number of para-hydroxylation sites is 2. The summed E-state index contributed by atoms with van der Waals surface area (Å²) >= 11 is 0. The van der Waals surface area contributed by atoms with E-state index in [0.717, 1.165) is 74.4 Å². The van der Waals surface area contributed by atoms with Crippen molar-refractivity contribution in [3.63, 3.8) is 0 Å². The normalized spacial score (nSPS) is 16.2. The van der Waals surface area contributed by atoms with Crippen molar-refractivity contribution in [3.8, 4) is 0 Å². The van der Waals surface area contributed by atoms with Gasteiger partial charge in [0.25, 0.3) is 0 Å². The number of amides is 1. The van der Waals surface area contributed by atoms with Gasteiger partial charge in [-0.1, -0.05) is 25.0 Å². The number of nitrogens with zero attached hydrogens (tertiary/aromatic N) is 3. The lowest BCUT2D eigenvalue weighted by molar-refractivity contribution is -0.138. The molecule has 7 nitrogen and oxygen atoms in total. The monoisotopic (exact) mass is 398 g/mol. The molecule has 1 aromatic heterocycles. The van der Waals surface area contributed by atoms with E-state index in [4.69, 9.17) is 4.99 Å². The molecular formula is C22H34N6O. The van der Waals surface area contributed by atoms with E-state index >= 15 is 0 Å². The highest BCUT2D eigenvalue weighted by atomic mass is 16.2. The summed E-state index contributed by atoms with van der Waals surface area (Å²) in [5.74, 6) is 2.01. The summed E-state index contributed by atoms with van der Waals surface area (Å²) in [7, 11) is 3.68. The second-order valence-electron chi connectivity index (χ2n) is 8.11. The van der Waals surface area contributed by atoms with Crippen molar-refractivity contribution >= 4 is 22.9 Å². The largest absolute Gasteiger partial charge is 0.357 e. The van der Waals surface area contributed by atoms with Crippen LogP contribution in [0.1, 0.15) is 44.9 Å². The number of hydrogen-bond donors (Lipinski definition) is 3. The molecule has 3 rings (SSSR count). The number of aryl methyl sites for hydroxylation is 1. The highest BCUT2D eigenvalue weighted by Gasteiger charge is 2.42. The number of aromatic amines is 1. The van der Waals surface area contributed by atoms with E-state index < -0.39 is 0 Å². The molecule has 7 heteroatoms. The molecule has 0 spiro atoms. The van der Waals surface area contributed by atoms with Crippen molar-refractivity contribution in [1.82, 2.24) is 25.5 Å². The molecule has 1 saturated carbocycles. The van der Waals surface area contributed by atoms with Crippen LogP contribution in [0.2, 0.25) is 0 Å². The van der Waals surface area contributed by atoms with Crippen molar-refractivity contribution in [1.29, 1.82) is 0 Å². The summed E-state index contributed by atoms with van der Waals surface area (Å²) in [6, 6.07) is 8.10. The van der Waals surface area contributed by atoms with Crippen molar-refractivity contribution in [2.45, 2.75) is 45.4 Å². The van der Waals surface area contributed by atoms with Crippen LogP contribution in [0.3, 0.4) is 0 Å². The number of aromatic nitrogens is 2. The van der Waals surface area contributed by atoms with Gasteiger partial charge in [0, 0.05) is 33.6 Å². The first-order valence-electron chi connectivity index (χ1n) is 10.7. The molecule has 0 aliphatic heterocycles. The number of benzene rings is 1. The molecule has 1 aromatic carbocycles. The number of fused-ring (bicyclic) bond motifs is 1. The standard InChI is InChI=1S/C22H34N6O/c1-4-23-21(25-16-22(13-7-8-14-22)20(29)28(2)3)24-15-9-12-19-26-17-10-5-6-11-18(17)27-19/h5-6,10-11H,4,7-9,12-16H2,1-3H3,(H,26,27)(H2,23,24,25). The Kier molecular flexibility index (Phi) is 7.12. The van der Waals surface area contributed by atoms with Gasteiger partial charge in [0.1, 0.15) is 5.82 Å². The molecule has 0 radical (unpaired) electrons. The van der Waals surface area contributed by atoms with Gasteiger partial charge in [0.05, 0.1) is 23.0 Å². The van der Waals surface area contributed by atoms with Crippen LogP contribution < -0.4 is 10.6 Å². The van der Waals surface area contributed by atoms with Gasteiger partial charge in [-0.05, 0) is 38.3 Å². The first-order valence-corrected chi connectivity index (χ1v) is 10.7. The first kappa shape index (κ1) is 21.1. The Bertz CT molecular complexity index is 802. The van der Waals surface area contributed by atoms with Crippen LogP contribution in [-0.2, 0) is 11.2 Å². The van der Waals surface area contributed by atoms with E-state index in [0.29, 0.717) is 6.54 Å². The molecule has 1 fully saturated rings. The molecule has 158 valence electrons. The van der Waals surface area contributed by atoms with Gasteiger partial charge in [-0.3, -0.25) is 9.79 Å². The molecule has 1 aliphatic carbocycles. The van der Waals surface area contributed by atoms with Gasteiger partial charge in [0.2, 0.25) is 5.91 Å². The third kappa shape index (κ3) is 5.28. The zero-order chi connectivity index (χ0) is 20.7. The van der Waals surface area contributed by atoms with Gasteiger partial charge < -0.3 is 20.5 Å². The van der Waals surface area contributed by atoms with Crippen LogP contribution in [0.25, 0.3) is 11.0 Å². The van der Waals surface area contributed by atoms with E-state index in [9.17, 15) is 4.79 Å². The number of guanidine groups is 1. The summed E-state index contributed by atoms with van der Waals surface area (Å²) in [4.78, 5) is 27.2. The Balaban J connectivity index is 1.54. The second-order valence-corrected chi connectivity index (χ2v) is 8.11. The minimum absolute atomic E-state index is 0.208. The first-order chi connectivity index (χ1) is 14.0. The summed E-state index contributed by atoms with van der Waals surface area (Å²) in [5.41, 5.74) is 1.76. The molecule has 1 amide bonds. The van der Waals surface area contributed by atoms with E-state index in [1.54, 1.807) is 4.90 Å². The SMILES string of the molecule is CCNC(=NCC1(C(=O)N(C)C)CCCC1)NCCCc1nc2ccccc2[nH]1. The Morgan fingerprint density at radius 3 is 2.69 bits per heavy atom. The second kappa shape index (κ2) is 9.76. The fourth-order valence-electron chi connectivity index (χ4n) is 4.12. The van der Waals surface area contributed by atoms with Crippen LogP contribution in [0.15, 0.2) is 29.3 Å². The minimum Gasteiger partial charge on any atom is -0.357 e. The third-order valence-electron chi connectivity index (χ3n) is 5.63. The van der Waals surface area contributed by atoms with Crippen molar-refractivity contribution < 1.29 is 4.79 Å². The van der Waals surface area contributed by atoms with E-state index in [-0.39, 0.29) is 11.3 Å². The third-order valence-corrected chi connectivity index (χ3v) is 5.63. The van der Waals surface area contributed by atoms with Crippen molar-refractivity contribution in [3.05, 3.63) is 30.1 Å². The number of H-pyrrole nitrogens is 1. The van der Waals surface area contributed by atoms with Crippen LogP contribution in [0.4, 0.5) is 0 Å². The lowest BCUT2D eigenvalue weighted by atomic mass is 9.85. The maximum absolute atomic E-state index is 12.7. The molecule has 0 unspecified atom stereocenters. The zero-order valence-electron chi connectivity index (χ0n) is 17.9. The Hall–Kier alpha value is -2.57. The molecular weight excluding hydrogens is 364 g/mol. The van der Waals surface area contributed by atoms with Crippen molar-refractivity contribution in [2.75, 3.05) is 33.7 Å². The van der Waals surface area contributed by atoms with E-state index in [1.165, 1.54) is 0 Å². The van der Waals surface area contributed by atoms with Gasteiger partial charge >= 0.3 is 0 Å². The molecule has 3 N–H and O–H groups in total. The lowest BCUT2D eigenvalue weighted by Crippen LogP contribution is -2.43. The summed E-state index contributed by atoms with van der Waals surface area (Å²) in [6.07, 6.45) is 5.90. The van der Waals surface area contributed by atoms with E-state index in [1.807, 2.05) is 38.4 Å². The predicted octanol–water partition coefficient (Wildman–Crippen LogP) is 2.70. The number of aliphatic imine (C=N–C) groups is 1. The number of nitrogens with one attached hydrogen (secondary N) is 3. The fraction of sp³-hybridized carbons (Fsp3) is 0.591. The van der Waals surface area contributed by atoms with E-state index in [2.05, 4.69) is 27.5 Å². The summed E-state index contributed by atoms with van der Waals surface area (Å²) in [5, 5.41) is 6.71. The van der Waals surface area contributed by atoms with Crippen LogP contribution >= 0.6 is 0 Å². The molecule has 1 aliphatic rings. The molecule has 29 heavy (non-hydrogen) atoms. The minimum atomic E-state index is -0.333. The Morgan fingerprint density at radius 1 is 1.24 bits per heavy atom. The molecule has 0 atom stereocenters. The highest BCUT2D eigenvalue weighted by Crippen LogP contribution is 2.39. The zero-order valence-corrected chi connectivity index (χ0v) is 17.9. The predicted molar refractivity (Wildman–Crippen MR) is 118 cm³/mol. The van der Waals surface area contributed by atoms with Crippen LogP contribution in [0, 0.1) is 5.41 Å². The summed E-state index contributed by atoms with van der Waals surface area (Å²) < 4.78 is 0. The topological polar surface area (TPSA) is 85.4 Å².